The number of carbonyl (C=O) groups excluding carboxylic acids is 1. The maximum atomic E-state index is 13.7. The van der Waals surface area contributed by atoms with Gasteiger partial charge in [-0.2, -0.15) is 47.9 Å². The molecule has 26 heavy (non-hydrogen) atoms. The Morgan fingerprint density at radius 2 is 1.35 bits per heavy atom. The molecule has 0 aromatic rings. The van der Waals surface area contributed by atoms with Gasteiger partial charge < -0.3 is 0 Å². The summed E-state index contributed by atoms with van der Waals surface area (Å²) in [4.78, 5) is 11.2. The summed E-state index contributed by atoms with van der Waals surface area (Å²) >= 11 is 0. The van der Waals surface area contributed by atoms with Gasteiger partial charge in [0.25, 0.3) is 0 Å². The molecule has 1 saturated heterocycles. The van der Waals surface area contributed by atoms with E-state index >= 15 is 0 Å². The highest BCUT2D eigenvalue weighted by molar-refractivity contribution is 8.33. The first-order valence-electron chi connectivity index (χ1n) is 6.75. The monoisotopic (exact) mass is 444 g/mol. The van der Waals surface area contributed by atoms with Crippen LogP contribution in [0.4, 0.5) is 39.5 Å². The Labute approximate surface area is 143 Å². The van der Waals surface area contributed by atoms with Crippen LogP contribution in [-0.4, -0.2) is 54.7 Å². The molecule has 1 aliphatic heterocycles. The molecule has 0 aromatic carbocycles. The first-order chi connectivity index (χ1) is 11.3. The molecule has 1 aliphatic rings. The van der Waals surface area contributed by atoms with Gasteiger partial charge in [-0.05, 0) is 19.8 Å². The lowest BCUT2D eigenvalue weighted by Gasteiger charge is -2.37. The highest BCUT2D eigenvalue weighted by Crippen LogP contribution is 2.61. The third-order valence-corrected chi connectivity index (χ3v) is 9.17. The van der Waals surface area contributed by atoms with Gasteiger partial charge in [0.2, 0.25) is 0 Å². The van der Waals surface area contributed by atoms with E-state index in [9.17, 15) is 52.7 Å². The molecule has 0 N–H and O–H groups in total. The van der Waals surface area contributed by atoms with Crippen molar-refractivity contribution in [2.45, 2.75) is 43.0 Å². The van der Waals surface area contributed by atoms with Gasteiger partial charge in [-0.1, -0.05) is 0 Å². The minimum Gasteiger partial charge on any atom is -0.299 e. The number of ketones is 1. The number of alkyl halides is 9. The Balaban J connectivity index is 3.34. The number of Topliss-reactive ketones (excluding diaryl/α,β-unsaturated/α-hetero) is 1. The molecule has 0 aliphatic carbocycles. The Morgan fingerprint density at radius 1 is 0.923 bits per heavy atom. The van der Waals surface area contributed by atoms with Crippen molar-refractivity contribution in [2.75, 3.05) is 17.3 Å². The second-order valence-corrected chi connectivity index (χ2v) is 10.6. The second-order valence-electron chi connectivity index (χ2n) is 5.61. The average Bonchev–Trinajstić information content (AvgIpc) is 2.82. The van der Waals surface area contributed by atoms with Crippen molar-refractivity contribution >= 4 is 26.2 Å². The van der Waals surface area contributed by atoms with Crippen molar-refractivity contribution in [3.8, 4) is 0 Å². The third-order valence-electron chi connectivity index (χ3n) is 3.41. The largest absolute Gasteiger partial charge is 0.460 e. The SMILES string of the molecule is CC(=O)CS1(OS(=O)(=O)C(F)(F)C(F)(F)C(F)(F)C(F)(F)F)CCCC1. The number of rotatable bonds is 7. The van der Waals surface area contributed by atoms with Gasteiger partial charge in [0, 0.05) is 11.5 Å². The molecule has 0 spiro atoms. The van der Waals surface area contributed by atoms with E-state index in [0.29, 0.717) is 0 Å². The van der Waals surface area contributed by atoms with Gasteiger partial charge in [0.1, 0.15) is 5.78 Å². The van der Waals surface area contributed by atoms with E-state index in [4.69, 9.17) is 0 Å². The van der Waals surface area contributed by atoms with Crippen molar-refractivity contribution in [1.82, 2.24) is 0 Å². The van der Waals surface area contributed by atoms with Gasteiger partial charge in [0.05, 0.1) is 5.75 Å². The molecule has 0 atom stereocenters. The van der Waals surface area contributed by atoms with Gasteiger partial charge in [-0.15, -0.1) is 10.3 Å². The van der Waals surface area contributed by atoms with Crippen LogP contribution in [0.2, 0.25) is 0 Å². The minimum absolute atomic E-state index is 0.179. The molecule has 4 nitrogen and oxygen atoms in total. The van der Waals surface area contributed by atoms with E-state index in [2.05, 4.69) is 3.63 Å². The summed E-state index contributed by atoms with van der Waals surface area (Å²) in [5.74, 6) is -16.7. The number of halogens is 9. The predicted octanol–water partition coefficient (Wildman–Crippen LogP) is 3.86. The summed E-state index contributed by atoms with van der Waals surface area (Å²) in [5, 5.41) is -6.89. The van der Waals surface area contributed by atoms with Crippen molar-refractivity contribution in [2.24, 2.45) is 0 Å². The van der Waals surface area contributed by atoms with Crippen molar-refractivity contribution < 1.29 is 56.4 Å². The molecule has 1 heterocycles. The van der Waals surface area contributed by atoms with Crippen LogP contribution in [0.3, 0.4) is 0 Å². The zero-order valence-corrected chi connectivity index (χ0v) is 14.5. The normalized spacial score (nSPS) is 20.8. The van der Waals surface area contributed by atoms with Gasteiger partial charge >= 0.3 is 33.4 Å². The summed E-state index contributed by atoms with van der Waals surface area (Å²) < 4.78 is 143. The molecule has 0 unspecified atom stereocenters. The molecule has 0 saturated carbocycles. The Hall–Kier alpha value is -0.700. The average molecular weight is 444 g/mol. The molecule has 0 amide bonds. The lowest BCUT2D eigenvalue weighted by atomic mass is 10.1. The summed E-state index contributed by atoms with van der Waals surface area (Å²) in [6, 6.07) is 0. The molecular weight excluding hydrogens is 431 g/mol. The Morgan fingerprint density at radius 3 is 1.69 bits per heavy atom. The van der Waals surface area contributed by atoms with E-state index in [1.165, 1.54) is 0 Å². The highest BCUT2D eigenvalue weighted by atomic mass is 32.3. The lowest BCUT2D eigenvalue weighted by molar-refractivity contribution is -0.382. The van der Waals surface area contributed by atoms with Crippen LogP contribution in [0.15, 0.2) is 0 Å². The van der Waals surface area contributed by atoms with Gasteiger partial charge in [-0.25, -0.2) is 3.63 Å². The fourth-order valence-corrected chi connectivity index (χ4v) is 7.92. The topological polar surface area (TPSA) is 60.4 Å². The maximum absolute atomic E-state index is 13.7. The van der Waals surface area contributed by atoms with Crippen LogP contribution < -0.4 is 0 Å². The third kappa shape index (κ3) is 3.79. The molecule has 156 valence electrons. The van der Waals surface area contributed by atoms with Crippen molar-refractivity contribution in [3.63, 3.8) is 0 Å². The number of carbonyl (C=O) groups is 1. The quantitative estimate of drug-likeness (QED) is 0.560. The fraction of sp³-hybridized carbons (Fsp3) is 0.909. The van der Waals surface area contributed by atoms with E-state index in [0.717, 1.165) is 6.92 Å². The summed E-state index contributed by atoms with van der Waals surface area (Å²) in [6.07, 6.45) is -6.79. The number of hydrogen-bond donors (Lipinski definition) is 0. The van der Waals surface area contributed by atoms with Crippen molar-refractivity contribution in [3.05, 3.63) is 0 Å². The van der Waals surface area contributed by atoms with Gasteiger partial charge in [0.15, 0.2) is 0 Å². The van der Waals surface area contributed by atoms with E-state index in [1.54, 1.807) is 0 Å². The zero-order chi connectivity index (χ0) is 20.8. The lowest BCUT2D eigenvalue weighted by Crippen LogP contribution is -2.63. The predicted molar refractivity (Wildman–Crippen MR) is 73.0 cm³/mol. The molecule has 1 fully saturated rings. The standard InChI is InChI=1S/C11H13F9O4S2/c1-7(21)6-25(4-2-3-5-25)24-26(22,23)11(19,20)9(14,15)8(12,13)10(16,17)18/h2-6H2,1H3. The van der Waals surface area contributed by atoms with E-state index in [1.807, 2.05) is 0 Å². The van der Waals surface area contributed by atoms with Crippen LogP contribution in [-0.2, 0) is 18.5 Å². The van der Waals surface area contributed by atoms with Gasteiger partial charge in [-0.3, -0.25) is 4.79 Å². The Kier molecular flexibility index (Phi) is 6.03. The molecule has 1 rings (SSSR count). The van der Waals surface area contributed by atoms with Crippen LogP contribution in [0.5, 0.6) is 0 Å². The van der Waals surface area contributed by atoms with E-state index in [-0.39, 0.29) is 24.3 Å². The second kappa shape index (κ2) is 6.72. The van der Waals surface area contributed by atoms with E-state index < -0.39 is 55.2 Å². The smallest absolute Gasteiger partial charge is 0.299 e. The zero-order valence-electron chi connectivity index (χ0n) is 12.9. The van der Waals surface area contributed by atoms with Crippen LogP contribution in [0, 0.1) is 0 Å². The summed E-state index contributed by atoms with van der Waals surface area (Å²) in [5.41, 5.74) is 0. The molecule has 15 heteroatoms. The highest BCUT2D eigenvalue weighted by Gasteiger charge is 2.86. The maximum Gasteiger partial charge on any atom is 0.460 e. The Bertz CT molecular complexity index is 651. The summed E-state index contributed by atoms with van der Waals surface area (Å²) in [6.45, 7) is 0.924. The van der Waals surface area contributed by atoms with Crippen molar-refractivity contribution in [1.29, 1.82) is 0 Å². The molecule has 0 radical (unpaired) electrons. The molecular formula is C11H13F9O4S2. The fourth-order valence-electron chi connectivity index (χ4n) is 2.19. The molecule has 0 aromatic heterocycles. The first kappa shape index (κ1) is 23.3. The molecule has 0 bridgehead atoms. The first-order valence-corrected chi connectivity index (χ1v) is 10.2. The van der Waals surface area contributed by atoms with Crippen LogP contribution in [0.1, 0.15) is 19.8 Å². The van der Waals surface area contributed by atoms with Crippen LogP contribution >= 0.6 is 10.3 Å². The summed E-state index contributed by atoms with van der Waals surface area (Å²) in [7, 11) is -10.1. The van der Waals surface area contributed by atoms with Crippen LogP contribution in [0.25, 0.3) is 0 Å². The number of hydrogen-bond acceptors (Lipinski definition) is 4. The minimum atomic E-state index is -7.35.